The number of aryl methyl sites for hydroxylation is 2. The monoisotopic (exact) mass is 502 g/mol. The Labute approximate surface area is 162 Å². The number of carbonyl (C=O) groups is 1. The zero-order valence-corrected chi connectivity index (χ0v) is 16.9. The number of phenols is 1. The normalized spacial score (nSPS) is 10.8. The topological polar surface area (TPSA) is 70.9 Å². The number of hydrazone groups is 1. The van der Waals surface area contributed by atoms with Crippen LogP contribution in [0.3, 0.4) is 0 Å². The number of carbonyl (C=O) groups excluding carboxylic acids is 1. The van der Waals surface area contributed by atoms with Crippen molar-refractivity contribution in [1.82, 2.24) is 5.43 Å². The molecule has 0 spiro atoms. The second-order valence-corrected chi connectivity index (χ2v) is 7.25. The average molecular weight is 503 g/mol. The highest BCUT2D eigenvalue weighted by Gasteiger charge is 2.06. The van der Waals surface area contributed by atoms with Crippen molar-refractivity contribution in [2.24, 2.45) is 5.10 Å². The van der Waals surface area contributed by atoms with Crippen molar-refractivity contribution in [2.45, 2.75) is 13.8 Å². The highest BCUT2D eigenvalue weighted by atomic mass is 127. The van der Waals surface area contributed by atoms with Crippen molar-refractivity contribution in [3.8, 4) is 11.5 Å². The van der Waals surface area contributed by atoms with Gasteiger partial charge in [0.25, 0.3) is 5.91 Å². The number of rotatable bonds is 5. The quantitative estimate of drug-likeness (QED) is 0.370. The van der Waals surface area contributed by atoms with Gasteiger partial charge in [-0.05, 0) is 60.2 Å². The number of benzene rings is 2. The van der Waals surface area contributed by atoms with Crippen molar-refractivity contribution in [2.75, 3.05) is 6.61 Å². The summed E-state index contributed by atoms with van der Waals surface area (Å²) in [4.78, 5) is 11.8. The fourth-order valence-corrected chi connectivity index (χ4v) is 3.55. The zero-order chi connectivity index (χ0) is 17.7. The predicted octanol–water partition coefficient (Wildman–Crippen LogP) is 3.91. The fraction of sp³-hybridized carbons (Fsp3) is 0.176. The van der Waals surface area contributed by atoms with Crippen molar-refractivity contribution in [3.05, 3.63) is 55.1 Å². The average Bonchev–Trinajstić information content (AvgIpc) is 2.51. The lowest BCUT2D eigenvalue weighted by Crippen LogP contribution is -2.24. The van der Waals surface area contributed by atoms with Crippen LogP contribution in [0.5, 0.6) is 11.5 Å². The molecule has 126 valence electrons. The lowest BCUT2D eigenvalue weighted by atomic mass is 10.1. The third kappa shape index (κ3) is 5.20. The van der Waals surface area contributed by atoms with E-state index >= 15 is 0 Å². The lowest BCUT2D eigenvalue weighted by molar-refractivity contribution is -0.123. The number of phenolic OH excluding ortho intramolecular Hbond substituents is 1. The molecule has 2 aromatic rings. The number of amides is 1. The molecule has 0 unspecified atom stereocenters. The summed E-state index contributed by atoms with van der Waals surface area (Å²) >= 11 is 5.36. The van der Waals surface area contributed by atoms with Gasteiger partial charge in [0.1, 0.15) is 11.5 Å². The number of nitrogens with zero attached hydrogens (tertiary/aromatic N) is 1. The van der Waals surface area contributed by atoms with Crippen molar-refractivity contribution >= 4 is 50.6 Å². The Morgan fingerprint density at radius 3 is 2.83 bits per heavy atom. The van der Waals surface area contributed by atoms with Crippen LogP contribution in [0, 0.1) is 17.4 Å². The number of halogens is 2. The van der Waals surface area contributed by atoms with E-state index in [9.17, 15) is 9.90 Å². The molecular weight excluding hydrogens is 487 g/mol. The van der Waals surface area contributed by atoms with Gasteiger partial charge >= 0.3 is 0 Å². The number of nitrogens with one attached hydrogen (secondary N) is 1. The minimum atomic E-state index is -0.379. The van der Waals surface area contributed by atoms with E-state index in [1.165, 1.54) is 6.21 Å². The molecule has 0 heterocycles. The molecule has 0 aliphatic heterocycles. The third-order valence-electron chi connectivity index (χ3n) is 3.14. The zero-order valence-electron chi connectivity index (χ0n) is 13.1. The van der Waals surface area contributed by atoms with E-state index in [0.29, 0.717) is 14.9 Å². The Balaban J connectivity index is 1.91. The summed E-state index contributed by atoms with van der Waals surface area (Å²) in [6, 6.07) is 9.24. The van der Waals surface area contributed by atoms with Gasteiger partial charge in [-0.2, -0.15) is 5.10 Å². The summed E-state index contributed by atoms with van der Waals surface area (Å²) in [7, 11) is 0. The third-order valence-corrected chi connectivity index (χ3v) is 4.42. The maximum Gasteiger partial charge on any atom is 0.277 e. The first kappa shape index (κ1) is 18.7. The number of ether oxygens (including phenoxy) is 1. The lowest BCUT2D eigenvalue weighted by Gasteiger charge is -2.08. The van der Waals surface area contributed by atoms with Crippen LogP contribution in [-0.2, 0) is 4.79 Å². The highest BCUT2D eigenvalue weighted by Crippen LogP contribution is 2.27. The van der Waals surface area contributed by atoms with E-state index in [1.54, 1.807) is 12.1 Å². The van der Waals surface area contributed by atoms with Gasteiger partial charge in [0.2, 0.25) is 0 Å². The Bertz CT molecular complexity index is 794. The van der Waals surface area contributed by atoms with E-state index in [0.717, 1.165) is 15.6 Å². The SMILES string of the molecule is Cc1ccc(OCC(=O)NN=Cc2cc(Br)cc(I)c2O)c(C)c1. The number of aromatic hydroxyl groups is 1. The van der Waals surface area contributed by atoms with Gasteiger partial charge in [0.15, 0.2) is 6.61 Å². The number of hydrogen-bond donors (Lipinski definition) is 2. The molecule has 0 atom stereocenters. The van der Waals surface area contributed by atoms with Gasteiger partial charge in [-0.3, -0.25) is 4.79 Å². The van der Waals surface area contributed by atoms with Crippen LogP contribution < -0.4 is 10.2 Å². The largest absolute Gasteiger partial charge is 0.506 e. The van der Waals surface area contributed by atoms with E-state index in [1.807, 2.05) is 54.6 Å². The van der Waals surface area contributed by atoms with Crippen LogP contribution in [0.1, 0.15) is 16.7 Å². The first-order valence-electron chi connectivity index (χ1n) is 7.07. The van der Waals surface area contributed by atoms with Crippen LogP contribution in [0.4, 0.5) is 0 Å². The number of hydrogen-bond acceptors (Lipinski definition) is 4. The molecule has 7 heteroatoms. The van der Waals surface area contributed by atoms with Crippen LogP contribution in [0.15, 0.2) is 39.9 Å². The van der Waals surface area contributed by atoms with E-state index in [2.05, 4.69) is 26.5 Å². The summed E-state index contributed by atoms with van der Waals surface area (Å²) in [6.45, 7) is 3.79. The van der Waals surface area contributed by atoms with Crippen LogP contribution in [0.25, 0.3) is 0 Å². The summed E-state index contributed by atoms with van der Waals surface area (Å²) in [5.41, 5.74) is 4.99. The van der Waals surface area contributed by atoms with Gasteiger partial charge in [-0.25, -0.2) is 5.43 Å². The van der Waals surface area contributed by atoms with E-state index in [4.69, 9.17) is 4.74 Å². The van der Waals surface area contributed by atoms with Crippen LogP contribution in [0.2, 0.25) is 0 Å². The molecule has 0 radical (unpaired) electrons. The Hall–Kier alpha value is -1.61. The molecule has 0 saturated heterocycles. The van der Waals surface area contributed by atoms with Gasteiger partial charge in [-0.15, -0.1) is 0 Å². The van der Waals surface area contributed by atoms with Gasteiger partial charge in [-0.1, -0.05) is 33.6 Å². The Kier molecular flexibility index (Phi) is 6.61. The van der Waals surface area contributed by atoms with Crippen molar-refractivity contribution in [1.29, 1.82) is 0 Å². The maximum atomic E-state index is 11.8. The Morgan fingerprint density at radius 1 is 1.38 bits per heavy atom. The summed E-state index contributed by atoms with van der Waals surface area (Å²) in [5.74, 6) is 0.401. The van der Waals surface area contributed by atoms with E-state index < -0.39 is 0 Å². The van der Waals surface area contributed by atoms with Crippen molar-refractivity contribution < 1.29 is 14.6 Å². The second kappa shape index (κ2) is 8.48. The molecule has 2 N–H and O–H groups in total. The van der Waals surface area contributed by atoms with Gasteiger partial charge in [0.05, 0.1) is 9.78 Å². The van der Waals surface area contributed by atoms with Crippen LogP contribution in [-0.4, -0.2) is 23.8 Å². The first-order chi connectivity index (χ1) is 11.4. The molecule has 0 aliphatic rings. The van der Waals surface area contributed by atoms with Gasteiger partial charge in [0, 0.05) is 10.0 Å². The fourth-order valence-electron chi connectivity index (χ4n) is 1.99. The molecule has 2 rings (SSSR count). The molecule has 24 heavy (non-hydrogen) atoms. The maximum absolute atomic E-state index is 11.8. The molecular formula is C17H16BrIN2O3. The first-order valence-corrected chi connectivity index (χ1v) is 8.94. The molecule has 0 aliphatic carbocycles. The molecule has 0 saturated carbocycles. The molecule has 5 nitrogen and oxygen atoms in total. The second-order valence-electron chi connectivity index (χ2n) is 5.18. The minimum absolute atomic E-state index is 0.114. The molecule has 0 fully saturated rings. The highest BCUT2D eigenvalue weighted by molar-refractivity contribution is 14.1. The molecule has 0 aromatic heterocycles. The minimum Gasteiger partial charge on any atom is -0.506 e. The summed E-state index contributed by atoms with van der Waals surface area (Å²) in [5, 5.41) is 13.8. The van der Waals surface area contributed by atoms with Crippen molar-refractivity contribution in [3.63, 3.8) is 0 Å². The van der Waals surface area contributed by atoms with Crippen LogP contribution >= 0.6 is 38.5 Å². The Morgan fingerprint density at radius 2 is 2.12 bits per heavy atom. The summed E-state index contributed by atoms with van der Waals surface area (Å²) in [6.07, 6.45) is 1.39. The molecule has 1 amide bonds. The smallest absolute Gasteiger partial charge is 0.277 e. The molecule has 0 bridgehead atoms. The van der Waals surface area contributed by atoms with Gasteiger partial charge < -0.3 is 9.84 Å². The predicted molar refractivity (Wildman–Crippen MR) is 106 cm³/mol. The van der Waals surface area contributed by atoms with E-state index in [-0.39, 0.29) is 18.3 Å². The summed E-state index contributed by atoms with van der Waals surface area (Å²) < 4.78 is 6.98. The molecule has 2 aromatic carbocycles. The standard InChI is InChI=1S/C17H16BrIN2O3/c1-10-3-4-15(11(2)5-10)24-9-16(22)21-20-8-12-6-13(18)7-14(19)17(12)23/h3-8,23H,9H2,1-2H3,(H,21,22).